The molecule has 2 aromatic rings. The molecular formula is C11H13N3OS. The van der Waals surface area contributed by atoms with Crippen molar-refractivity contribution in [2.45, 2.75) is 0 Å². The van der Waals surface area contributed by atoms with Gasteiger partial charge in [-0.1, -0.05) is 12.1 Å². The van der Waals surface area contributed by atoms with Crippen LogP contribution in [0, 0.1) is 4.77 Å². The smallest absolute Gasteiger partial charge is 0.197 e. The average Bonchev–Trinajstić information content (AvgIpc) is 2.66. The van der Waals surface area contributed by atoms with Crippen molar-refractivity contribution in [1.82, 2.24) is 9.66 Å². The summed E-state index contributed by atoms with van der Waals surface area (Å²) in [5, 5.41) is 2.23. The first-order chi connectivity index (χ1) is 7.86. The summed E-state index contributed by atoms with van der Waals surface area (Å²) in [7, 11) is 0. The van der Waals surface area contributed by atoms with Gasteiger partial charge in [0.2, 0.25) is 0 Å². The fraction of sp³-hybridized carbons (Fsp3) is 0.364. The monoisotopic (exact) mass is 235 g/mol. The molecule has 1 saturated heterocycles. The number of aromatic amines is 1. The molecule has 0 amide bonds. The second-order valence-electron chi connectivity index (χ2n) is 3.83. The first-order valence-corrected chi connectivity index (χ1v) is 5.80. The first-order valence-electron chi connectivity index (χ1n) is 5.39. The van der Waals surface area contributed by atoms with Gasteiger partial charge in [-0.3, -0.25) is 0 Å². The Kier molecular flexibility index (Phi) is 2.41. The topological polar surface area (TPSA) is 33.2 Å². The van der Waals surface area contributed by atoms with Gasteiger partial charge in [0.05, 0.1) is 37.3 Å². The summed E-state index contributed by atoms with van der Waals surface area (Å²) < 4.78 is 8.18. The van der Waals surface area contributed by atoms with Crippen LogP contribution >= 0.6 is 12.2 Å². The summed E-state index contributed by atoms with van der Waals surface area (Å²) in [4.78, 5) is 3.22. The molecule has 0 bridgehead atoms. The normalized spacial score (nSPS) is 16.9. The van der Waals surface area contributed by atoms with Gasteiger partial charge in [-0.2, -0.15) is 0 Å². The van der Waals surface area contributed by atoms with Gasteiger partial charge in [0.15, 0.2) is 4.77 Å². The van der Waals surface area contributed by atoms with Crippen LogP contribution in [0.15, 0.2) is 24.3 Å². The summed E-state index contributed by atoms with van der Waals surface area (Å²) >= 11 is 5.36. The third kappa shape index (κ3) is 1.52. The van der Waals surface area contributed by atoms with Gasteiger partial charge in [-0.05, 0) is 24.4 Å². The van der Waals surface area contributed by atoms with E-state index >= 15 is 0 Å². The summed E-state index contributed by atoms with van der Waals surface area (Å²) in [6.07, 6.45) is 0. The number of morpholine rings is 1. The van der Waals surface area contributed by atoms with Gasteiger partial charge in [0.1, 0.15) is 0 Å². The summed E-state index contributed by atoms with van der Waals surface area (Å²) in [5.41, 5.74) is 2.22. The van der Waals surface area contributed by atoms with E-state index in [9.17, 15) is 0 Å². The minimum atomic E-state index is 0.753. The number of nitrogens with zero attached hydrogens (tertiary/aromatic N) is 2. The van der Waals surface area contributed by atoms with Crippen molar-refractivity contribution in [2.75, 3.05) is 31.3 Å². The Balaban J connectivity index is 2.14. The number of nitrogens with one attached hydrogen (secondary N) is 1. The molecule has 1 fully saturated rings. The van der Waals surface area contributed by atoms with Crippen LogP contribution in [0.1, 0.15) is 0 Å². The van der Waals surface area contributed by atoms with Gasteiger partial charge in [0.25, 0.3) is 0 Å². The van der Waals surface area contributed by atoms with E-state index in [-0.39, 0.29) is 0 Å². The van der Waals surface area contributed by atoms with E-state index in [1.807, 2.05) is 18.2 Å². The molecule has 0 aliphatic carbocycles. The number of para-hydroxylation sites is 2. The lowest BCUT2D eigenvalue weighted by molar-refractivity contribution is 0.111. The molecule has 0 spiro atoms. The van der Waals surface area contributed by atoms with Crippen LogP contribution in [0.5, 0.6) is 0 Å². The van der Waals surface area contributed by atoms with Crippen molar-refractivity contribution in [3.8, 4) is 0 Å². The lowest BCUT2D eigenvalue weighted by Gasteiger charge is -2.29. The van der Waals surface area contributed by atoms with E-state index < -0.39 is 0 Å². The molecule has 0 unspecified atom stereocenters. The molecule has 1 aliphatic rings. The van der Waals surface area contributed by atoms with Crippen LogP contribution in [-0.4, -0.2) is 36.0 Å². The lowest BCUT2D eigenvalue weighted by Crippen LogP contribution is -2.43. The van der Waals surface area contributed by atoms with Crippen molar-refractivity contribution in [3.05, 3.63) is 29.0 Å². The molecule has 84 valence electrons. The molecule has 1 N–H and O–H groups in total. The second kappa shape index (κ2) is 3.92. The Hall–Kier alpha value is -1.33. The number of imidazole rings is 1. The number of rotatable bonds is 1. The molecule has 3 rings (SSSR count). The predicted octanol–water partition coefficient (Wildman–Crippen LogP) is 1.67. The highest BCUT2D eigenvalue weighted by Crippen LogP contribution is 2.14. The zero-order chi connectivity index (χ0) is 11.0. The standard InChI is InChI=1S/C11H13N3OS/c16-11-12-9-3-1-2-4-10(9)14(11)13-5-7-15-8-6-13/h1-4H,5-8H2,(H,12,16). The van der Waals surface area contributed by atoms with E-state index in [1.54, 1.807) is 0 Å². The third-order valence-corrected chi connectivity index (χ3v) is 3.11. The van der Waals surface area contributed by atoms with Crippen LogP contribution in [0.4, 0.5) is 0 Å². The zero-order valence-electron chi connectivity index (χ0n) is 8.85. The first kappa shape index (κ1) is 9.86. The molecule has 4 nitrogen and oxygen atoms in total. The quantitative estimate of drug-likeness (QED) is 0.763. The van der Waals surface area contributed by atoms with Crippen LogP contribution in [-0.2, 0) is 4.74 Å². The van der Waals surface area contributed by atoms with E-state index in [2.05, 4.69) is 20.7 Å². The van der Waals surface area contributed by atoms with Crippen LogP contribution in [0.3, 0.4) is 0 Å². The minimum absolute atomic E-state index is 0.753. The maximum atomic E-state index is 5.36. The van der Waals surface area contributed by atoms with Gasteiger partial charge in [0, 0.05) is 0 Å². The lowest BCUT2D eigenvalue weighted by atomic mass is 10.3. The Morgan fingerprint density at radius 3 is 2.75 bits per heavy atom. The summed E-state index contributed by atoms with van der Waals surface area (Å²) in [6.45, 7) is 3.30. The van der Waals surface area contributed by atoms with Crippen molar-refractivity contribution in [2.24, 2.45) is 0 Å². The predicted molar refractivity (Wildman–Crippen MR) is 65.9 cm³/mol. The van der Waals surface area contributed by atoms with Crippen LogP contribution in [0.25, 0.3) is 11.0 Å². The molecule has 0 saturated carbocycles. The molecule has 2 heterocycles. The Labute approximate surface area is 98.4 Å². The second-order valence-corrected chi connectivity index (χ2v) is 4.21. The summed E-state index contributed by atoms with van der Waals surface area (Å²) in [6, 6.07) is 8.17. The maximum absolute atomic E-state index is 5.36. The number of H-pyrrole nitrogens is 1. The third-order valence-electron chi connectivity index (χ3n) is 2.84. The number of fused-ring (bicyclic) bond motifs is 1. The zero-order valence-corrected chi connectivity index (χ0v) is 9.67. The molecule has 1 aromatic heterocycles. The fourth-order valence-corrected chi connectivity index (χ4v) is 2.40. The SMILES string of the molecule is S=c1[nH]c2ccccc2n1N1CCOCC1. The van der Waals surface area contributed by atoms with Crippen molar-refractivity contribution < 1.29 is 4.74 Å². The fourth-order valence-electron chi connectivity index (χ4n) is 2.08. The molecule has 16 heavy (non-hydrogen) atoms. The molecule has 0 radical (unpaired) electrons. The van der Waals surface area contributed by atoms with E-state index in [0.29, 0.717) is 0 Å². The van der Waals surface area contributed by atoms with Crippen molar-refractivity contribution in [1.29, 1.82) is 0 Å². The number of hydrogen-bond donors (Lipinski definition) is 1. The number of benzene rings is 1. The van der Waals surface area contributed by atoms with E-state index in [0.717, 1.165) is 42.1 Å². The minimum Gasteiger partial charge on any atom is -0.378 e. The van der Waals surface area contributed by atoms with Crippen LogP contribution < -0.4 is 5.01 Å². The number of ether oxygens (including phenoxy) is 1. The number of aromatic nitrogens is 2. The van der Waals surface area contributed by atoms with Crippen LogP contribution in [0.2, 0.25) is 0 Å². The van der Waals surface area contributed by atoms with Crippen molar-refractivity contribution >= 4 is 23.3 Å². The highest BCUT2D eigenvalue weighted by molar-refractivity contribution is 7.71. The Morgan fingerprint density at radius 2 is 1.94 bits per heavy atom. The Morgan fingerprint density at radius 1 is 1.19 bits per heavy atom. The van der Waals surface area contributed by atoms with Gasteiger partial charge < -0.3 is 14.7 Å². The summed E-state index contributed by atoms with van der Waals surface area (Å²) in [5.74, 6) is 0. The van der Waals surface area contributed by atoms with E-state index in [4.69, 9.17) is 17.0 Å². The molecule has 1 aliphatic heterocycles. The number of hydrogen-bond acceptors (Lipinski definition) is 3. The molecule has 0 atom stereocenters. The highest BCUT2D eigenvalue weighted by atomic mass is 32.1. The van der Waals surface area contributed by atoms with Gasteiger partial charge >= 0.3 is 0 Å². The van der Waals surface area contributed by atoms with E-state index in [1.165, 1.54) is 0 Å². The van der Waals surface area contributed by atoms with Crippen molar-refractivity contribution in [3.63, 3.8) is 0 Å². The Bertz CT molecular complexity index is 554. The van der Waals surface area contributed by atoms with Gasteiger partial charge in [-0.25, -0.2) is 4.68 Å². The molecule has 1 aromatic carbocycles. The van der Waals surface area contributed by atoms with Gasteiger partial charge in [-0.15, -0.1) is 0 Å². The average molecular weight is 235 g/mol. The maximum Gasteiger partial charge on any atom is 0.197 e. The largest absolute Gasteiger partial charge is 0.378 e. The molecule has 5 heteroatoms. The highest BCUT2D eigenvalue weighted by Gasteiger charge is 2.14. The molecular weight excluding hydrogens is 222 g/mol.